The number of β-amino-alcohol motifs (C(OH)–C–C–N with tert-alkyl or cyclic N) is 1. The first kappa shape index (κ1) is 13.7. The molecule has 1 saturated heterocycles. The molecule has 3 aliphatic rings. The number of likely N-dealkylation sites (tertiary alicyclic amines) is 1. The van der Waals surface area contributed by atoms with E-state index in [0.29, 0.717) is 43.1 Å². The zero-order valence-corrected chi connectivity index (χ0v) is 12.3. The number of aliphatic hydroxyl groups excluding tert-OH is 1. The van der Waals surface area contributed by atoms with Gasteiger partial charge in [0.2, 0.25) is 0 Å². The van der Waals surface area contributed by atoms with Crippen molar-refractivity contribution in [1.29, 1.82) is 0 Å². The first-order valence-corrected chi connectivity index (χ1v) is 7.75. The summed E-state index contributed by atoms with van der Waals surface area (Å²) in [6.07, 6.45) is 2.38. The highest BCUT2D eigenvalue weighted by Gasteiger charge is 2.36. The van der Waals surface area contributed by atoms with Crippen LogP contribution in [0.25, 0.3) is 0 Å². The van der Waals surface area contributed by atoms with Crippen LogP contribution in [0.4, 0.5) is 0 Å². The molecule has 0 aromatic heterocycles. The summed E-state index contributed by atoms with van der Waals surface area (Å²) in [7, 11) is 0. The number of amides is 2. The average Bonchev–Trinajstić information content (AvgIpc) is 3.20. The van der Waals surface area contributed by atoms with E-state index in [1.54, 1.807) is 11.0 Å². The zero-order valence-electron chi connectivity index (χ0n) is 12.3. The lowest BCUT2D eigenvalue weighted by molar-refractivity contribution is 0.0765. The van der Waals surface area contributed by atoms with Gasteiger partial charge in [0.15, 0.2) is 0 Å². The smallest absolute Gasteiger partial charge is 0.268 e. The number of benzene rings is 1. The molecule has 2 amide bonds. The fraction of sp³-hybridized carbons (Fsp3) is 0.500. The summed E-state index contributed by atoms with van der Waals surface area (Å²) in [5.74, 6) is 5.87. The maximum atomic E-state index is 12.6. The minimum Gasteiger partial charge on any atom is -0.391 e. The monoisotopic (exact) mass is 301 g/mol. The molecule has 6 nitrogen and oxygen atoms in total. The summed E-state index contributed by atoms with van der Waals surface area (Å²) in [6.45, 7) is 1.36. The van der Waals surface area contributed by atoms with Crippen LogP contribution in [0.3, 0.4) is 0 Å². The molecule has 1 aromatic carbocycles. The van der Waals surface area contributed by atoms with Gasteiger partial charge in [0.25, 0.3) is 11.8 Å². The number of hydrazine groups is 1. The highest BCUT2D eigenvalue weighted by molar-refractivity contribution is 6.02. The highest BCUT2D eigenvalue weighted by Crippen LogP contribution is 2.44. The lowest BCUT2D eigenvalue weighted by Gasteiger charge is -2.17. The van der Waals surface area contributed by atoms with Crippen LogP contribution < -0.4 is 5.84 Å². The summed E-state index contributed by atoms with van der Waals surface area (Å²) in [5.41, 5.74) is 3.18. The van der Waals surface area contributed by atoms with Crippen LogP contribution in [0.5, 0.6) is 0 Å². The maximum absolute atomic E-state index is 12.6. The SMILES string of the molecule is NN1Cc2c(cc(C(=O)N3CCC(O)C3)cc2C2CC2)C1=O. The number of fused-ring (bicyclic) bond motifs is 1. The van der Waals surface area contributed by atoms with Crippen molar-refractivity contribution in [3.8, 4) is 0 Å². The van der Waals surface area contributed by atoms with E-state index >= 15 is 0 Å². The van der Waals surface area contributed by atoms with E-state index in [9.17, 15) is 14.7 Å². The third-order valence-electron chi connectivity index (χ3n) is 4.82. The Morgan fingerprint density at radius 3 is 2.68 bits per heavy atom. The molecule has 1 aliphatic carbocycles. The number of hydrogen-bond acceptors (Lipinski definition) is 4. The molecule has 3 N–H and O–H groups in total. The third-order valence-corrected chi connectivity index (χ3v) is 4.82. The largest absolute Gasteiger partial charge is 0.391 e. The van der Waals surface area contributed by atoms with Crippen molar-refractivity contribution in [2.45, 2.75) is 37.8 Å². The number of carbonyl (C=O) groups excluding carboxylic acids is 2. The maximum Gasteiger partial charge on any atom is 0.268 e. The molecule has 116 valence electrons. The van der Waals surface area contributed by atoms with Crippen LogP contribution in [0.1, 0.15) is 57.0 Å². The molecular weight excluding hydrogens is 282 g/mol. The number of carbonyl (C=O) groups is 2. The van der Waals surface area contributed by atoms with Gasteiger partial charge in [-0.25, -0.2) is 5.84 Å². The normalized spacial score (nSPS) is 24.1. The minimum absolute atomic E-state index is 0.107. The summed E-state index contributed by atoms with van der Waals surface area (Å²) in [4.78, 5) is 26.5. The van der Waals surface area contributed by atoms with Gasteiger partial charge in [0.05, 0.1) is 12.6 Å². The van der Waals surface area contributed by atoms with Crippen LogP contribution in [0.2, 0.25) is 0 Å². The van der Waals surface area contributed by atoms with Gasteiger partial charge in [-0.3, -0.25) is 14.6 Å². The molecule has 2 aliphatic heterocycles. The van der Waals surface area contributed by atoms with Gasteiger partial charge >= 0.3 is 0 Å². The van der Waals surface area contributed by atoms with Gasteiger partial charge in [-0.15, -0.1) is 0 Å². The topological polar surface area (TPSA) is 86.9 Å². The Balaban J connectivity index is 1.73. The summed E-state index contributed by atoms with van der Waals surface area (Å²) < 4.78 is 0. The second-order valence-corrected chi connectivity index (χ2v) is 6.49. The number of nitrogens with two attached hydrogens (primary N) is 1. The molecule has 1 unspecified atom stereocenters. The Labute approximate surface area is 128 Å². The van der Waals surface area contributed by atoms with Gasteiger partial charge in [0.1, 0.15) is 0 Å². The number of nitrogens with zero attached hydrogens (tertiary/aromatic N) is 2. The van der Waals surface area contributed by atoms with E-state index in [1.807, 2.05) is 6.07 Å². The molecule has 1 atom stereocenters. The van der Waals surface area contributed by atoms with E-state index in [4.69, 9.17) is 5.84 Å². The van der Waals surface area contributed by atoms with Crippen LogP contribution in [-0.4, -0.2) is 46.0 Å². The number of hydrogen-bond donors (Lipinski definition) is 2. The van der Waals surface area contributed by atoms with E-state index in [2.05, 4.69) is 0 Å². The van der Waals surface area contributed by atoms with Gasteiger partial charge in [-0.05, 0) is 48.4 Å². The van der Waals surface area contributed by atoms with Crippen molar-refractivity contribution in [2.24, 2.45) is 5.84 Å². The first-order chi connectivity index (χ1) is 10.5. The predicted octanol–water partition coefficient (Wildman–Crippen LogP) is 0.600. The summed E-state index contributed by atoms with van der Waals surface area (Å²) in [6, 6.07) is 3.60. The fourth-order valence-corrected chi connectivity index (χ4v) is 3.45. The average molecular weight is 301 g/mol. The highest BCUT2D eigenvalue weighted by atomic mass is 16.3. The van der Waals surface area contributed by atoms with E-state index in [0.717, 1.165) is 24.0 Å². The Morgan fingerprint density at radius 1 is 1.27 bits per heavy atom. The van der Waals surface area contributed by atoms with Crippen LogP contribution in [-0.2, 0) is 6.54 Å². The standard InChI is InChI=1S/C16H19N3O3/c17-19-8-14-12(9-1-2-9)5-10(6-13(14)16(19)22)15(21)18-4-3-11(20)7-18/h5-6,9,11,20H,1-4,7-8,17H2. The first-order valence-electron chi connectivity index (χ1n) is 7.75. The molecule has 4 rings (SSSR count). The minimum atomic E-state index is -0.442. The summed E-state index contributed by atoms with van der Waals surface area (Å²) in [5, 5.41) is 10.8. The Morgan fingerprint density at radius 2 is 2.05 bits per heavy atom. The lowest BCUT2D eigenvalue weighted by Crippen LogP contribution is -2.31. The van der Waals surface area contributed by atoms with E-state index in [1.165, 1.54) is 5.01 Å². The Hall–Kier alpha value is -1.92. The summed E-state index contributed by atoms with van der Waals surface area (Å²) >= 11 is 0. The lowest BCUT2D eigenvalue weighted by atomic mass is 9.96. The molecule has 22 heavy (non-hydrogen) atoms. The van der Waals surface area contributed by atoms with Crippen molar-refractivity contribution in [2.75, 3.05) is 13.1 Å². The predicted molar refractivity (Wildman–Crippen MR) is 79.0 cm³/mol. The van der Waals surface area contributed by atoms with Crippen molar-refractivity contribution < 1.29 is 14.7 Å². The van der Waals surface area contributed by atoms with E-state index in [-0.39, 0.29) is 11.8 Å². The van der Waals surface area contributed by atoms with Crippen molar-refractivity contribution in [1.82, 2.24) is 9.91 Å². The van der Waals surface area contributed by atoms with Gasteiger partial charge in [0, 0.05) is 24.2 Å². The Bertz CT molecular complexity index is 669. The quantitative estimate of drug-likeness (QED) is 0.618. The molecule has 6 heteroatoms. The van der Waals surface area contributed by atoms with Crippen LogP contribution in [0.15, 0.2) is 12.1 Å². The van der Waals surface area contributed by atoms with Gasteiger partial charge < -0.3 is 10.0 Å². The van der Waals surface area contributed by atoms with Gasteiger partial charge in [-0.1, -0.05) is 0 Å². The second kappa shape index (κ2) is 4.79. The molecular formula is C16H19N3O3. The van der Waals surface area contributed by atoms with Crippen molar-refractivity contribution in [3.63, 3.8) is 0 Å². The number of aliphatic hydroxyl groups is 1. The van der Waals surface area contributed by atoms with Crippen LogP contribution in [0, 0.1) is 0 Å². The van der Waals surface area contributed by atoms with Crippen molar-refractivity contribution in [3.05, 3.63) is 34.4 Å². The molecule has 2 heterocycles. The molecule has 1 saturated carbocycles. The molecule has 0 bridgehead atoms. The second-order valence-electron chi connectivity index (χ2n) is 6.49. The third kappa shape index (κ3) is 2.10. The molecule has 0 spiro atoms. The van der Waals surface area contributed by atoms with Crippen molar-refractivity contribution >= 4 is 11.8 Å². The zero-order chi connectivity index (χ0) is 15.4. The molecule has 2 fully saturated rings. The molecule has 0 radical (unpaired) electrons. The van der Waals surface area contributed by atoms with Gasteiger partial charge in [-0.2, -0.15) is 0 Å². The fourth-order valence-electron chi connectivity index (χ4n) is 3.45. The van der Waals surface area contributed by atoms with E-state index < -0.39 is 6.10 Å². The Kier molecular flexibility index (Phi) is 2.99. The van der Waals surface area contributed by atoms with Crippen LogP contribution >= 0.6 is 0 Å². The molecule has 1 aromatic rings. The number of rotatable bonds is 2.